The van der Waals surface area contributed by atoms with Crippen LogP contribution >= 0.6 is 0 Å². The zero-order valence-electron chi connectivity index (χ0n) is 12.9. The molecule has 0 spiro atoms. The molecular weight excluding hydrogens is 290 g/mol. The van der Waals surface area contributed by atoms with Crippen molar-refractivity contribution in [3.8, 4) is 0 Å². The van der Waals surface area contributed by atoms with Gasteiger partial charge in [0, 0.05) is 17.1 Å². The molecule has 0 saturated heterocycles. The van der Waals surface area contributed by atoms with Gasteiger partial charge in [0.2, 0.25) is 11.8 Å². The van der Waals surface area contributed by atoms with E-state index in [2.05, 4.69) is 16.7 Å². The number of hydrogen-bond donors (Lipinski definition) is 3. The lowest BCUT2D eigenvalue weighted by atomic mass is 10.0. The number of fused-ring (bicyclic) bond motifs is 1. The van der Waals surface area contributed by atoms with E-state index in [9.17, 15) is 9.59 Å². The second kappa shape index (κ2) is 6.20. The lowest BCUT2D eigenvalue weighted by Crippen LogP contribution is -2.41. The van der Waals surface area contributed by atoms with E-state index in [1.165, 1.54) is 6.92 Å². The van der Waals surface area contributed by atoms with Gasteiger partial charge in [0.1, 0.15) is 0 Å². The minimum Gasteiger partial charge on any atom is -0.325 e. The molecule has 1 saturated carbocycles. The summed E-state index contributed by atoms with van der Waals surface area (Å²) in [6.45, 7) is 1.47. The van der Waals surface area contributed by atoms with Gasteiger partial charge in [-0.25, -0.2) is 0 Å². The number of hydrogen-bond acceptors (Lipinski definition) is 3. The van der Waals surface area contributed by atoms with Crippen LogP contribution in [0.3, 0.4) is 0 Å². The van der Waals surface area contributed by atoms with Gasteiger partial charge in [-0.05, 0) is 43.4 Å². The highest BCUT2D eigenvalue weighted by molar-refractivity contribution is 6.21. The highest BCUT2D eigenvalue weighted by Crippen LogP contribution is 2.43. The molecule has 2 amide bonds. The third-order valence-corrected chi connectivity index (χ3v) is 4.07. The van der Waals surface area contributed by atoms with E-state index in [-0.39, 0.29) is 5.71 Å². The maximum absolute atomic E-state index is 12.4. The molecule has 0 aliphatic heterocycles. The van der Waals surface area contributed by atoms with E-state index in [4.69, 9.17) is 5.41 Å². The zero-order chi connectivity index (χ0) is 16.4. The Kier molecular flexibility index (Phi) is 4.10. The molecule has 1 fully saturated rings. The first-order chi connectivity index (χ1) is 11.0. The summed E-state index contributed by atoms with van der Waals surface area (Å²) in [5, 5.41) is 13.2. The Morgan fingerprint density at radius 2 is 1.83 bits per heavy atom. The SMILES string of the molecule is CC(=N)C(C(=O)NC1=CC2CC2C=C1)C(=O)Nc1ccccc1. The largest absolute Gasteiger partial charge is 0.325 e. The number of nitrogens with one attached hydrogen (secondary N) is 3. The molecule has 0 heterocycles. The summed E-state index contributed by atoms with van der Waals surface area (Å²) < 4.78 is 0. The maximum Gasteiger partial charge on any atom is 0.242 e. The van der Waals surface area contributed by atoms with Crippen LogP contribution in [0.5, 0.6) is 0 Å². The van der Waals surface area contributed by atoms with Gasteiger partial charge < -0.3 is 16.0 Å². The maximum atomic E-state index is 12.4. The molecule has 0 bridgehead atoms. The van der Waals surface area contributed by atoms with Gasteiger partial charge in [-0.15, -0.1) is 0 Å². The molecule has 1 aromatic carbocycles. The number of anilines is 1. The van der Waals surface area contributed by atoms with Gasteiger partial charge in [-0.3, -0.25) is 9.59 Å². The fourth-order valence-corrected chi connectivity index (χ4v) is 2.71. The summed E-state index contributed by atoms with van der Waals surface area (Å²) in [5.74, 6) is -0.987. The van der Waals surface area contributed by atoms with E-state index in [1.54, 1.807) is 24.3 Å². The normalized spacial score (nSPS) is 22.4. The van der Waals surface area contributed by atoms with Crippen LogP contribution in [0.25, 0.3) is 0 Å². The summed E-state index contributed by atoms with van der Waals surface area (Å²) in [6, 6.07) is 8.92. The van der Waals surface area contributed by atoms with Crippen LogP contribution in [-0.4, -0.2) is 17.5 Å². The predicted octanol–water partition coefficient (Wildman–Crippen LogP) is 2.49. The molecule has 2 aliphatic carbocycles. The van der Waals surface area contributed by atoms with Crippen molar-refractivity contribution in [1.29, 1.82) is 5.41 Å². The first-order valence-electron chi connectivity index (χ1n) is 7.66. The van der Waals surface area contributed by atoms with Gasteiger partial charge in [0.25, 0.3) is 0 Å². The van der Waals surface area contributed by atoms with Gasteiger partial charge in [0.15, 0.2) is 5.92 Å². The summed E-state index contributed by atoms with van der Waals surface area (Å²) in [6.07, 6.45) is 7.10. The molecule has 118 valence electrons. The van der Waals surface area contributed by atoms with E-state index < -0.39 is 17.7 Å². The highest BCUT2D eigenvalue weighted by Gasteiger charge is 2.36. The molecule has 3 N–H and O–H groups in total. The van der Waals surface area contributed by atoms with Gasteiger partial charge >= 0.3 is 0 Å². The third kappa shape index (κ3) is 3.56. The molecular formula is C18H19N3O2. The average Bonchev–Trinajstić information content (AvgIpc) is 3.26. The molecule has 3 unspecified atom stereocenters. The van der Waals surface area contributed by atoms with Gasteiger partial charge in [0.05, 0.1) is 0 Å². The van der Waals surface area contributed by atoms with Crippen LogP contribution in [0, 0.1) is 23.2 Å². The third-order valence-electron chi connectivity index (χ3n) is 4.07. The number of carbonyl (C=O) groups excluding carboxylic acids is 2. The van der Waals surface area contributed by atoms with Crippen LogP contribution in [0.15, 0.2) is 54.3 Å². The molecule has 23 heavy (non-hydrogen) atoms. The minimum absolute atomic E-state index is 0.0145. The van der Waals surface area contributed by atoms with Crippen molar-refractivity contribution >= 4 is 23.2 Å². The minimum atomic E-state index is -1.14. The lowest BCUT2D eigenvalue weighted by molar-refractivity contribution is -0.129. The molecule has 0 radical (unpaired) electrons. The number of benzene rings is 1. The average molecular weight is 309 g/mol. The van der Waals surface area contributed by atoms with Crippen molar-refractivity contribution in [2.75, 3.05) is 5.32 Å². The number of carbonyl (C=O) groups is 2. The molecule has 2 aliphatic rings. The second-order valence-corrected chi connectivity index (χ2v) is 6.01. The number of allylic oxidation sites excluding steroid dienone is 3. The monoisotopic (exact) mass is 309 g/mol. The summed E-state index contributed by atoms with van der Waals surface area (Å²) >= 11 is 0. The lowest BCUT2D eigenvalue weighted by Gasteiger charge is -2.17. The Morgan fingerprint density at radius 3 is 2.48 bits per heavy atom. The van der Waals surface area contributed by atoms with E-state index in [0.29, 0.717) is 23.2 Å². The predicted molar refractivity (Wildman–Crippen MR) is 88.9 cm³/mol. The number of para-hydroxylation sites is 1. The Bertz CT molecular complexity index is 706. The van der Waals surface area contributed by atoms with Crippen LogP contribution in [0.1, 0.15) is 13.3 Å². The van der Waals surface area contributed by atoms with Crippen molar-refractivity contribution in [2.24, 2.45) is 17.8 Å². The van der Waals surface area contributed by atoms with Crippen LogP contribution < -0.4 is 10.6 Å². The van der Waals surface area contributed by atoms with E-state index in [1.807, 2.05) is 18.2 Å². The van der Waals surface area contributed by atoms with Crippen LogP contribution in [-0.2, 0) is 9.59 Å². The number of amides is 2. The molecule has 5 nitrogen and oxygen atoms in total. The smallest absolute Gasteiger partial charge is 0.242 e. The summed E-state index contributed by atoms with van der Waals surface area (Å²) in [5.41, 5.74) is 1.34. The Hall–Kier alpha value is -2.69. The van der Waals surface area contributed by atoms with Crippen molar-refractivity contribution in [1.82, 2.24) is 5.32 Å². The zero-order valence-corrected chi connectivity index (χ0v) is 12.9. The fourth-order valence-electron chi connectivity index (χ4n) is 2.71. The summed E-state index contributed by atoms with van der Waals surface area (Å²) in [4.78, 5) is 24.8. The van der Waals surface area contributed by atoms with Gasteiger partial charge in [-0.2, -0.15) is 0 Å². The quantitative estimate of drug-likeness (QED) is 0.577. The highest BCUT2D eigenvalue weighted by atomic mass is 16.2. The second-order valence-electron chi connectivity index (χ2n) is 6.01. The number of rotatable bonds is 5. The molecule has 3 atom stereocenters. The summed E-state index contributed by atoms with van der Waals surface area (Å²) in [7, 11) is 0. The molecule has 1 aromatic rings. The topological polar surface area (TPSA) is 82.1 Å². The molecule has 5 heteroatoms. The first kappa shape index (κ1) is 15.2. The standard InChI is InChI=1S/C18H19N3O2/c1-11(19)16(17(22)20-14-5-3-2-4-6-14)18(23)21-15-8-7-12-9-13(12)10-15/h2-8,10,12-13,16,19H,9H2,1H3,(H,20,22)(H,21,23). The fraction of sp³-hybridized carbons (Fsp3) is 0.278. The first-order valence-corrected chi connectivity index (χ1v) is 7.66. The van der Waals surface area contributed by atoms with Crippen molar-refractivity contribution < 1.29 is 9.59 Å². The Balaban J connectivity index is 1.68. The van der Waals surface area contributed by atoms with Crippen LogP contribution in [0.2, 0.25) is 0 Å². The molecule has 0 aromatic heterocycles. The van der Waals surface area contributed by atoms with Crippen molar-refractivity contribution in [3.63, 3.8) is 0 Å². The van der Waals surface area contributed by atoms with E-state index in [0.717, 1.165) is 6.42 Å². The van der Waals surface area contributed by atoms with Gasteiger partial charge in [-0.1, -0.05) is 30.4 Å². The van der Waals surface area contributed by atoms with Crippen molar-refractivity contribution in [2.45, 2.75) is 13.3 Å². The van der Waals surface area contributed by atoms with E-state index >= 15 is 0 Å². The van der Waals surface area contributed by atoms with Crippen molar-refractivity contribution in [3.05, 3.63) is 54.3 Å². The molecule has 3 rings (SSSR count). The Morgan fingerprint density at radius 1 is 1.13 bits per heavy atom. The Labute approximate surface area is 135 Å². The van der Waals surface area contributed by atoms with Crippen LogP contribution in [0.4, 0.5) is 5.69 Å².